The van der Waals surface area contributed by atoms with E-state index >= 15 is 0 Å². The third-order valence-corrected chi connectivity index (χ3v) is 4.83. The second kappa shape index (κ2) is 4.28. The van der Waals surface area contributed by atoms with E-state index in [0.29, 0.717) is 18.6 Å². The van der Waals surface area contributed by atoms with E-state index in [4.69, 9.17) is 16.8 Å². The van der Waals surface area contributed by atoms with Gasteiger partial charge in [-0.2, -0.15) is 0 Å². The van der Waals surface area contributed by atoms with E-state index in [1.165, 1.54) is 0 Å². The molecule has 4 nitrogen and oxygen atoms in total. The highest BCUT2D eigenvalue weighted by molar-refractivity contribution is 7.93. The zero-order valence-electron chi connectivity index (χ0n) is 7.11. The number of alkyl halides is 1. The van der Waals surface area contributed by atoms with Gasteiger partial charge in [-0.25, -0.2) is 8.42 Å². The molecule has 1 unspecified atom stereocenters. The molecule has 1 N–H and O–H groups in total. The highest BCUT2D eigenvalue weighted by atomic mass is 35.5. The largest absolute Gasteiger partial charge is 0.411 e. The van der Waals surface area contributed by atoms with Gasteiger partial charge in [0.25, 0.3) is 0 Å². The van der Waals surface area contributed by atoms with Crippen LogP contribution in [-0.4, -0.2) is 29.8 Å². The normalized spacial score (nSPS) is 27.8. The quantitative estimate of drug-likeness (QED) is 0.439. The molecule has 6 heteroatoms. The summed E-state index contributed by atoms with van der Waals surface area (Å²) >= 11 is 5.32. The number of nitrogens with zero attached hydrogens (tertiary/aromatic N) is 1. The Balaban J connectivity index is 2.89. The average Bonchev–Trinajstić information content (AvgIpc) is 2.18. The fraction of sp³-hybridized carbons (Fsp3) is 0.857. The molecule has 76 valence electrons. The standard InChI is InChI=1S/C7H12ClNO3S/c8-5-13(11,12)7-4-2-1-3-6(7)9-10/h7,10H,1-5H2/b9-6-. The first-order valence-electron chi connectivity index (χ1n) is 4.10. The highest BCUT2D eigenvalue weighted by Crippen LogP contribution is 2.22. The van der Waals surface area contributed by atoms with Gasteiger partial charge in [-0.05, 0) is 19.3 Å². The molecule has 0 aromatic rings. The molecule has 1 fully saturated rings. The number of halogens is 1. The molecule has 0 aliphatic heterocycles. The summed E-state index contributed by atoms with van der Waals surface area (Å²) in [6.45, 7) is 0. The second-order valence-electron chi connectivity index (χ2n) is 3.10. The topological polar surface area (TPSA) is 66.7 Å². The van der Waals surface area contributed by atoms with Gasteiger partial charge in [0.1, 0.15) is 10.5 Å². The van der Waals surface area contributed by atoms with E-state index in [9.17, 15) is 8.42 Å². The number of hydrogen-bond acceptors (Lipinski definition) is 4. The lowest BCUT2D eigenvalue weighted by Crippen LogP contribution is -2.33. The molecule has 0 heterocycles. The Morgan fingerprint density at radius 2 is 2.23 bits per heavy atom. The minimum atomic E-state index is -3.31. The molecule has 0 aromatic heterocycles. The summed E-state index contributed by atoms with van der Waals surface area (Å²) < 4.78 is 22.8. The van der Waals surface area contributed by atoms with Crippen LogP contribution in [0.4, 0.5) is 0 Å². The zero-order valence-corrected chi connectivity index (χ0v) is 8.68. The maximum atomic E-state index is 11.4. The third kappa shape index (κ3) is 2.34. The summed E-state index contributed by atoms with van der Waals surface area (Å²) in [7, 11) is -3.31. The molecule has 1 aliphatic carbocycles. The maximum Gasteiger partial charge on any atom is 0.172 e. The van der Waals surface area contributed by atoms with Gasteiger partial charge in [0.05, 0.1) is 5.71 Å². The molecule has 0 aromatic carbocycles. The molecule has 0 bridgehead atoms. The summed E-state index contributed by atoms with van der Waals surface area (Å²) in [5.41, 5.74) is 0.354. The van der Waals surface area contributed by atoms with Crippen LogP contribution in [0.3, 0.4) is 0 Å². The molecule has 1 atom stereocenters. The summed E-state index contributed by atoms with van der Waals surface area (Å²) in [6.07, 6.45) is 2.80. The molecule has 1 aliphatic rings. The van der Waals surface area contributed by atoms with Crippen molar-refractivity contribution in [3.63, 3.8) is 0 Å². The summed E-state index contributed by atoms with van der Waals surface area (Å²) in [4.78, 5) is 0. The van der Waals surface area contributed by atoms with Crippen LogP contribution in [-0.2, 0) is 9.84 Å². The van der Waals surface area contributed by atoms with Crippen LogP contribution < -0.4 is 0 Å². The van der Waals surface area contributed by atoms with Gasteiger partial charge in [0.2, 0.25) is 0 Å². The van der Waals surface area contributed by atoms with Crippen LogP contribution >= 0.6 is 11.6 Å². The van der Waals surface area contributed by atoms with Crippen molar-refractivity contribution in [3.8, 4) is 0 Å². The van der Waals surface area contributed by atoms with Crippen molar-refractivity contribution in [1.29, 1.82) is 0 Å². The molecule has 0 radical (unpaired) electrons. The molecular weight excluding hydrogens is 214 g/mol. The molecular formula is C7H12ClNO3S. The predicted octanol–water partition coefficient (Wildman–Crippen LogP) is 1.37. The SMILES string of the molecule is O=S(=O)(CCl)C1CCCC/C1=N/O. The smallest absolute Gasteiger partial charge is 0.172 e. The molecule has 1 saturated carbocycles. The van der Waals surface area contributed by atoms with Crippen molar-refractivity contribution in [2.24, 2.45) is 5.16 Å². The van der Waals surface area contributed by atoms with Crippen molar-refractivity contribution in [1.82, 2.24) is 0 Å². The fourth-order valence-electron chi connectivity index (χ4n) is 1.54. The Labute approximate surface area is 82.5 Å². The number of rotatable bonds is 2. The summed E-state index contributed by atoms with van der Waals surface area (Å²) in [5, 5.41) is 10.6. The summed E-state index contributed by atoms with van der Waals surface area (Å²) in [5.74, 6) is 0. The Morgan fingerprint density at radius 3 is 2.77 bits per heavy atom. The maximum absolute atomic E-state index is 11.4. The van der Waals surface area contributed by atoms with Gasteiger partial charge in [-0.15, -0.1) is 11.6 Å². The van der Waals surface area contributed by atoms with E-state index in [1.807, 2.05) is 0 Å². The Kier molecular flexibility index (Phi) is 3.55. The predicted molar refractivity (Wildman–Crippen MR) is 51.1 cm³/mol. The minimum absolute atomic E-state index is 0.354. The van der Waals surface area contributed by atoms with Crippen molar-refractivity contribution < 1.29 is 13.6 Å². The van der Waals surface area contributed by atoms with Crippen LogP contribution in [0.25, 0.3) is 0 Å². The third-order valence-electron chi connectivity index (χ3n) is 2.23. The van der Waals surface area contributed by atoms with E-state index in [2.05, 4.69) is 5.16 Å². The van der Waals surface area contributed by atoms with Crippen LogP contribution in [0.1, 0.15) is 25.7 Å². The van der Waals surface area contributed by atoms with Crippen molar-refractivity contribution in [3.05, 3.63) is 0 Å². The highest BCUT2D eigenvalue weighted by Gasteiger charge is 2.32. The van der Waals surface area contributed by atoms with Crippen molar-refractivity contribution in [2.75, 3.05) is 5.21 Å². The monoisotopic (exact) mass is 225 g/mol. The second-order valence-corrected chi connectivity index (χ2v) is 5.87. The van der Waals surface area contributed by atoms with E-state index in [-0.39, 0.29) is 0 Å². The van der Waals surface area contributed by atoms with Gasteiger partial charge in [0, 0.05) is 0 Å². The zero-order chi connectivity index (χ0) is 9.90. The first-order valence-corrected chi connectivity index (χ1v) is 6.35. The van der Waals surface area contributed by atoms with Gasteiger partial charge in [-0.3, -0.25) is 0 Å². The van der Waals surface area contributed by atoms with Gasteiger partial charge >= 0.3 is 0 Å². The Bertz CT molecular complexity index is 299. The van der Waals surface area contributed by atoms with E-state index < -0.39 is 20.3 Å². The van der Waals surface area contributed by atoms with E-state index in [0.717, 1.165) is 12.8 Å². The van der Waals surface area contributed by atoms with Crippen LogP contribution in [0, 0.1) is 0 Å². The molecule has 0 saturated heterocycles. The molecule has 13 heavy (non-hydrogen) atoms. The van der Waals surface area contributed by atoms with Crippen LogP contribution in [0.2, 0.25) is 0 Å². The lowest BCUT2D eigenvalue weighted by atomic mass is 9.98. The number of oxime groups is 1. The van der Waals surface area contributed by atoms with Gasteiger partial charge < -0.3 is 5.21 Å². The van der Waals surface area contributed by atoms with E-state index in [1.54, 1.807) is 0 Å². The summed E-state index contributed by atoms with van der Waals surface area (Å²) in [6, 6.07) is 0. The molecule has 0 spiro atoms. The fourth-order valence-corrected chi connectivity index (χ4v) is 3.25. The Morgan fingerprint density at radius 1 is 1.54 bits per heavy atom. The Hall–Kier alpha value is -0.290. The van der Waals surface area contributed by atoms with Crippen molar-refractivity contribution >= 4 is 27.1 Å². The number of sulfone groups is 1. The van der Waals surface area contributed by atoms with Crippen LogP contribution in [0.5, 0.6) is 0 Å². The van der Waals surface area contributed by atoms with Gasteiger partial charge in [-0.1, -0.05) is 11.6 Å². The lowest BCUT2D eigenvalue weighted by Gasteiger charge is -2.21. The average molecular weight is 226 g/mol. The minimum Gasteiger partial charge on any atom is -0.411 e. The van der Waals surface area contributed by atoms with Crippen molar-refractivity contribution in [2.45, 2.75) is 30.9 Å². The molecule has 1 rings (SSSR count). The van der Waals surface area contributed by atoms with Gasteiger partial charge in [0.15, 0.2) is 9.84 Å². The lowest BCUT2D eigenvalue weighted by molar-refractivity contribution is 0.314. The van der Waals surface area contributed by atoms with Crippen LogP contribution in [0.15, 0.2) is 5.16 Å². The number of hydrogen-bond donors (Lipinski definition) is 1. The first kappa shape index (κ1) is 10.8. The molecule has 0 amide bonds. The first-order chi connectivity index (χ1) is 6.11.